The molecule has 0 aliphatic carbocycles. The van der Waals surface area contributed by atoms with Gasteiger partial charge in [-0.2, -0.15) is 0 Å². The van der Waals surface area contributed by atoms with Crippen LogP contribution in [0.15, 0.2) is 48.5 Å². The van der Waals surface area contributed by atoms with E-state index in [-0.39, 0.29) is 5.97 Å². The van der Waals surface area contributed by atoms with Crippen LogP contribution in [0.5, 0.6) is 0 Å². The van der Waals surface area contributed by atoms with Crippen LogP contribution in [0.1, 0.15) is 18.1 Å². The van der Waals surface area contributed by atoms with Gasteiger partial charge in [0, 0.05) is 6.92 Å². The number of rotatable bonds is 2. The summed E-state index contributed by atoms with van der Waals surface area (Å²) in [5.41, 5.74) is 2.30. The highest BCUT2D eigenvalue weighted by atomic mass is 16.5. The average molecular weight is 264 g/mol. The Kier molecular flexibility index (Phi) is 3.15. The Labute approximate surface area is 118 Å². The standard InChI is InChI=1S/C18H16O2/c1-12-6-8-16-14(10-12)7-9-17-15(11-20-13(2)19)4-3-5-18(16)17/h3-10H,11H2,1-2H3. The maximum Gasteiger partial charge on any atom is 0.302 e. The zero-order chi connectivity index (χ0) is 14.1. The summed E-state index contributed by atoms with van der Waals surface area (Å²) in [5.74, 6) is -0.251. The van der Waals surface area contributed by atoms with E-state index in [0.29, 0.717) is 6.61 Å². The molecule has 0 unspecified atom stereocenters. The third kappa shape index (κ3) is 2.25. The minimum absolute atomic E-state index is 0.251. The SMILES string of the molecule is CC(=O)OCc1cccc2c1ccc1cc(C)ccc12. The topological polar surface area (TPSA) is 26.3 Å². The van der Waals surface area contributed by atoms with Gasteiger partial charge in [-0.05, 0) is 34.0 Å². The van der Waals surface area contributed by atoms with Crippen molar-refractivity contribution in [2.45, 2.75) is 20.5 Å². The Bertz CT molecular complexity index is 803. The Balaban J connectivity index is 2.20. The summed E-state index contributed by atoms with van der Waals surface area (Å²) < 4.78 is 5.13. The van der Waals surface area contributed by atoms with Crippen LogP contribution < -0.4 is 0 Å². The number of esters is 1. The summed E-state index contributed by atoms with van der Waals surface area (Å²) >= 11 is 0. The van der Waals surface area contributed by atoms with Gasteiger partial charge in [-0.25, -0.2) is 0 Å². The van der Waals surface area contributed by atoms with Crippen molar-refractivity contribution in [2.75, 3.05) is 0 Å². The normalized spacial score (nSPS) is 10.9. The van der Waals surface area contributed by atoms with Gasteiger partial charge in [0.2, 0.25) is 0 Å². The van der Waals surface area contributed by atoms with E-state index in [1.165, 1.54) is 28.6 Å². The van der Waals surface area contributed by atoms with E-state index in [9.17, 15) is 4.79 Å². The molecule has 0 saturated carbocycles. The van der Waals surface area contributed by atoms with Gasteiger partial charge in [-0.1, -0.05) is 54.1 Å². The van der Waals surface area contributed by atoms with Crippen LogP contribution in [0.3, 0.4) is 0 Å². The molecule has 0 bridgehead atoms. The van der Waals surface area contributed by atoms with E-state index in [1.807, 2.05) is 12.1 Å². The number of carbonyl (C=O) groups excluding carboxylic acids is 1. The molecular weight excluding hydrogens is 248 g/mol. The molecule has 0 heterocycles. The maximum atomic E-state index is 11.0. The lowest BCUT2D eigenvalue weighted by molar-refractivity contribution is -0.142. The molecule has 100 valence electrons. The average Bonchev–Trinajstić information content (AvgIpc) is 2.44. The zero-order valence-electron chi connectivity index (χ0n) is 11.6. The van der Waals surface area contributed by atoms with Gasteiger partial charge < -0.3 is 4.74 Å². The van der Waals surface area contributed by atoms with Crippen LogP contribution in [0, 0.1) is 6.92 Å². The lowest BCUT2D eigenvalue weighted by Crippen LogP contribution is -1.99. The second-order valence-corrected chi connectivity index (χ2v) is 5.08. The second kappa shape index (κ2) is 4.97. The molecule has 2 heteroatoms. The number of hydrogen-bond donors (Lipinski definition) is 0. The fourth-order valence-electron chi connectivity index (χ4n) is 2.59. The number of carbonyl (C=O) groups is 1. The van der Waals surface area contributed by atoms with Crippen LogP contribution in [0.2, 0.25) is 0 Å². The second-order valence-electron chi connectivity index (χ2n) is 5.08. The summed E-state index contributed by atoms with van der Waals surface area (Å²) in [4.78, 5) is 11.0. The first-order valence-corrected chi connectivity index (χ1v) is 6.69. The molecule has 0 atom stereocenters. The van der Waals surface area contributed by atoms with Crippen molar-refractivity contribution >= 4 is 27.5 Å². The Morgan fingerprint density at radius 3 is 2.60 bits per heavy atom. The predicted molar refractivity (Wildman–Crippen MR) is 81.7 cm³/mol. The van der Waals surface area contributed by atoms with Crippen molar-refractivity contribution in [3.05, 3.63) is 59.7 Å². The van der Waals surface area contributed by atoms with Gasteiger partial charge in [0.25, 0.3) is 0 Å². The van der Waals surface area contributed by atoms with Gasteiger partial charge in [-0.3, -0.25) is 4.79 Å². The summed E-state index contributed by atoms with van der Waals surface area (Å²) in [6.45, 7) is 3.86. The molecule has 2 nitrogen and oxygen atoms in total. The third-order valence-electron chi connectivity index (χ3n) is 3.55. The molecule has 0 N–H and O–H groups in total. The Hall–Kier alpha value is -2.35. The maximum absolute atomic E-state index is 11.0. The third-order valence-corrected chi connectivity index (χ3v) is 3.55. The van der Waals surface area contributed by atoms with Gasteiger partial charge in [0.15, 0.2) is 0 Å². The summed E-state index contributed by atoms with van der Waals surface area (Å²) in [5, 5.41) is 4.82. The van der Waals surface area contributed by atoms with Crippen molar-refractivity contribution in [1.29, 1.82) is 0 Å². The van der Waals surface area contributed by atoms with E-state index in [0.717, 1.165) is 10.9 Å². The molecular formula is C18H16O2. The molecule has 0 aliphatic rings. The quantitative estimate of drug-likeness (QED) is 0.507. The fourth-order valence-corrected chi connectivity index (χ4v) is 2.59. The van der Waals surface area contributed by atoms with Crippen LogP contribution in [-0.4, -0.2) is 5.97 Å². The number of aryl methyl sites for hydroxylation is 1. The number of hydrogen-bond acceptors (Lipinski definition) is 2. The highest BCUT2D eigenvalue weighted by Gasteiger charge is 2.06. The minimum atomic E-state index is -0.251. The summed E-state index contributed by atoms with van der Waals surface area (Å²) in [7, 11) is 0. The van der Waals surface area contributed by atoms with Crippen molar-refractivity contribution < 1.29 is 9.53 Å². The van der Waals surface area contributed by atoms with Gasteiger partial charge in [0.1, 0.15) is 6.61 Å². The molecule has 20 heavy (non-hydrogen) atoms. The fraction of sp³-hybridized carbons (Fsp3) is 0.167. The number of fused-ring (bicyclic) bond motifs is 3. The van der Waals surface area contributed by atoms with Crippen molar-refractivity contribution in [1.82, 2.24) is 0 Å². The first kappa shape index (κ1) is 12.7. The minimum Gasteiger partial charge on any atom is -0.461 e. The molecule has 0 spiro atoms. The predicted octanol–water partition coefficient (Wildman–Crippen LogP) is 4.36. The van der Waals surface area contributed by atoms with E-state index >= 15 is 0 Å². The summed E-state index contributed by atoms with van der Waals surface area (Å²) in [6.07, 6.45) is 0. The molecule has 0 radical (unpaired) electrons. The Morgan fingerprint density at radius 1 is 1.00 bits per heavy atom. The molecule has 0 fully saturated rings. The van der Waals surface area contributed by atoms with E-state index < -0.39 is 0 Å². The van der Waals surface area contributed by atoms with Gasteiger partial charge in [0.05, 0.1) is 0 Å². The first-order chi connectivity index (χ1) is 9.65. The van der Waals surface area contributed by atoms with Gasteiger partial charge >= 0.3 is 5.97 Å². The van der Waals surface area contributed by atoms with Gasteiger partial charge in [-0.15, -0.1) is 0 Å². The lowest BCUT2D eigenvalue weighted by Gasteiger charge is -2.09. The zero-order valence-corrected chi connectivity index (χ0v) is 11.6. The summed E-state index contributed by atoms with van der Waals surface area (Å²) in [6, 6.07) is 16.8. The van der Waals surface area contributed by atoms with Crippen LogP contribution in [0.25, 0.3) is 21.5 Å². The van der Waals surface area contributed by atoms with Crippen LogP contribution in [-0.2, 0) is 16.1 Å². The van der Waals surface area contributed by atoms with Crippen molar-refractivity contribution in [3.63, 3.8) is 0 Å². The molecule has 0 amide bonds. The smallest absolute Gasteiger partial charge is 0.302 e. The molecule has 0 saturated heterocycles. The molecule has 3 rings (SSSR count). The Morgan fingerprint density at radius 2 is 1.80 bits per heavy atom. The monoisotopic (exact) mass is 264 g/mol. The molecule has 0 aliphatic heterocycles. The van der Waals surface area contributed by atoms with E-state index in [2.05, 4.69) is 43.3 Å². The lowest BCUT2D eigenvalue weighted by atomic mass is 9.98. The van der Waals surface area contributed by atoms with Crippen LogP contribution in [0.4, 0.5) is 0 Å². The highest BCUT2D eigenvalue weighted by Crippen LogP contribution is 2.28. The van der Waals surface area contributed by atoms with E-state index in [4.69, 9.17) is 4.74 Å². The largest absolute Gasteiger partial charge is 0.461 e. The first-order valence-electron chi connectivity index (χ1n) is 6.69. The molecule has 3 aromatic rings. The number of ether oxygens (including phenoxy) is 1. The van der Waals surface area contributed by atoms with Crippen molar-refractivity contribution in [3.8, 4) is 0 Å². The highest BCUT2D eigenvalue weighted by molar-refractivity contribution is 6.08. The van der Waals surface area contributed by atoms with E-state index in [1.54, 1.807) is 0 Å². The van der Waals surface area contributed by atoms with Crippen molar-refractivity contribution in [2.24, 2.45) is 0 Å². The van der Waals surface area contributed by atoms with Crippen LogP contribution >= 0.6 is 0 Å². The number of benzene rings is 3. The molecule has 0 aromatic heterocycles. The molecule has 3 aromatic carbocycles.